The normalized spacial score (nSPS) is 11.6. The van der Waals surface area contributed by atoms with Gasteiger partial charge in [0.25, 0.3) is 5.56 Å². The van der Waals surface area contributed by atoms with Crippen molar-refractivity contribution >= 4 is 16.9 Å². The van der Waals surface area contributed by atoms with E-state index in [9.17, 15) is 9.59 Å². The van der Waals surface area contributed by atoms with Crippen molar-refractivity contribution in [2.24, 2.45) is 7.05 Å². The molecule has 1 aromatic carbocycles. The van der Waals surface area contributed by atoms with Gasteiger partial charge >= 0.3 is 5.69 Å². The van der Waals surface area contributed by atoms with Crippen LogP contribution in [0.1, 0.15) is 17.0 Å². The first kappa shape index (κ1) is 20.0. The van der Waals surface area contributed by atoms with Crippen LogP contribution in [0.2, 0.25) is 0 Å². The van der Waals surface area contributed by atoms with Crippen LogP contribution in [0.3, 0.4) is 0 Å². The van der Waals surface area contributed by atoms with E-state index >= 15 is 0 Å². The number of nitrogens with zero attached hydrogens (tertiary/aromatic N) is 5. The molecule has 0 aliphatic carbocycles. The van der Waals surface area contributed by atoms with Gasteiger partial charge in [0, 0.05) is 25.5 Å². The third-order valence-electron chi connectivity index (χ3n) is 5.65. The molecule has 0 saturated heterocycles. The molecule has 0 aliphatic heterocycles. The fraction of sp³-hybridized carbons (Fsp3) is 0.381. The van der Waals surface area contributed by atoms with Crippen LogP contribution in [0.5, 0.6) is 5.75 Å². The highest BCUT2D eigenvalue weighted by molar-refractivity contribution is 5.76. The Labute approximate surface area is 172 Å². The van der Waals surface area contributed by atoms with E-state index < -0.39 is 5.69 Å². The minimum Gasteiger partial charge on any atom is -0.497 e. The molecular formula is C21H25N5O4. The fourth-order valence-corrected chi connectivity index (χ4v) is 3.80. The smallest absolute Gasteiger partial charge is 0.332 e. The minimum absolute atomic E-state index is 0.190. The third-order valence-corrected chi connectivity index (χ3v) is 5.65. The zero-order valence-corrected chi connectivity index (χ0v) is 17.8. The molecule has 9 nitrogen and oxygen atoms in total. The van der Waals surface area contributed by atoms with Crippen molar-refractivity contribution in [1.29, 1.82) is 0 Å². The van der Waals surface area contributed by atoms with Gasteiger partial charge in [0.2, 0.25) is 5.78 Å². The quantitative estimate of drug-likeness (QED) is 0.480. The van der Waals surface area contributed by atoms with Crippen molar-refractivity contribution < 1.29 is 9.47 Å². The van der Waals surface area contributed by atoms with Gasteiger partial charge in [-0.3, -0.25) is 18.3 Å². The molecule has 3 heterocycles. The number of aromatic nitrogens is 5. The lowest BCUT2D eigenvalue weighted by Gasteiger charge is -2.08. The number of benzene rings is 1. The summed E-state index contributed by atoms with van der Waals surface area (Å²) in [6.07, 6.45) is 0. The molecule has 0 aliphatic rings. The molecule has 4 rings (SSSR count). The summed E-state index contributed by atoms with van der Waals surface area (Å²) >= 11 is 0. The predicted octanol–water partition coefficient (Wildman–Crippen LogP) is 1.47. The molecule has 0 radical (unpaired) electrons. The van der Waals surface area contributed by atoms with Gasteiger partial charge in [-0.05, 0) is 31.5 Å². The third kappa shape index (κ3) is 2.93. The van der Waals surface area contributed by atoms with Crippen LogP contribution in [0.25, 0.3) is 16.9 Å². The SMILES string of the molecule is COCCn1c(=O)c2c(nc3n(Cc4ccc(OC)cc4)c(C)c(C)n23)n(C)c1=O. The number of ether oxygens (including phenoxy) is 2. The first-order valence-corrected chi connectivity index (χ1v) is 9.68. The van der Waals surface area contributed by atoms with Crippen molar-refractivity contribution in [1.82, 2.24) is 23.1 Å². The summed E-state index contributed by atoms with van der Waals surface area (Å²) in [7, 11) is 4.81. The number of hydrogen-bond acceptors (Lipinski definition) is 5. The van der Waals surface area contributed by atoms with Crippen molar-refractivity contribution in [2.45, 2.75) is 26.9 Å². The van der Waals surface area contributed by atoms with Crippen LogP contribution < -0.4 is 16.0 Å². The van der Waals surface area contributed by atoms with Crippen LogP contribution in [0.4, 0.5) is 0 Å². The summed E-state index contributed by atoms with van der Waals surface area (Å²) in [5.41, 5.74) is 3.01. The molecule has 0 amide bonds. The minimum atomic E-state index is -0.401. The molecule has 0 saturated carbocycles. The highest BCUT2D eigenvalue weighted by Gasteiger charge is 2.22. The van der Waals surface area contributed by atoms with Crippen LogP contribution in [0.15, 0.2) is 33.9 Å². The van der Waals surface area contributed by atoms with Gasteiger partial charge in [-0.15, -0.1) is 0 Å². The first-order chi connectivity index (χ1) is 14.4. The summed E-state index contributed by atoms with van der Waals surface area (Å²) in [5.74, 6) is 1.43. The number of hydrogen-bond donors (Lipinski definition) is 0. The summed E-state index contributed by atoms with van der Waals surface area (Å²) in [4.78, 5) is 30.6. The van der Waals surface area contributed by atoms with E-state index in [1.807, 2.05) is 42.5 Å². The Morgan fingerprint density at radius 2 is 1.70 bits per heavy atom. The molecule has 0 bridgehead atoms. The van der Waals surface area contributed by atoms with E-state index in [1.165, 1.54) is 16.2 Å². The summed E-state index contributed by atoms with van der Waals surface area (Å²) in [6, 6.07) is 7.83. The maximum atomic E-state index is 13.2. The average molecular weight is 411 g/mol. The molecule has 3 aromatic heterocycles. The number of rotatable bonds is 6. The Kier molecular flexibility index (Phi) is 4.98. The number of aryl methyl sites for hydroxylation is 2. The van der Waals surface area contributed by atoms with E-state index in [-0.39, 0.29) is 18.7 Å². The van der Waals surface area contributed by atoms with Crippen LogP contribution in [-0.2, 0) is 24.9 Å². The standard InChI is InChI=1S/C21H25N5O4/c1-13-14(2)26-17-18(23(3)21(28)24(19(17)27)10-11-29-4)22-20(26)25(13)12-15-6-8-16(30-5)9-7-15/h6-9H,10-12H2,1-5H3. The number of methoxy groups -OCH3 is 2. The molecule has 0 N–H and O–H groups in total. The molecule has 158 valence electrons. The maximum Gasteiger partial charge on any atom is 0.332 e. The summed E-state index contributed by atoms with van der Waals surface area (Å²) < 4.78 is 16.8. The lowest BCUT2D eigenvalue weighted by Crippen LogP contribution is -2.40. The maximum absolute atomic E-state index is 13.2. The van der Waals surface area contributed by atoms with Crippen molar-refractivity contribution in [3.63, 3.8) is 0 Å². The van der Waals surface area contributed by atoms with Gasteiger partial charge in [0.1, 0.15) is 5.75 Å². The van der Waals surface area contributed by atoms with E-state index in [2.05, 4.69) is 9.55 Å². The van der Waals surface area contributed by atoms with Crippen LogP contribution >= 0.6 is 0 Å². The van der Waals surface area contributed by atoms with Crippen LogP contribution in [-0.4, -0.2) is 43.9 Å². The van der Waals surface area contributed by atoms with Gasteiger partial charge in [-0.2, -0.15) is 4.98 Å². The van der Waals surface area contributed by atoms with Gasteiger partial charge in [0.05, 0.1) is 26.8 Å². The number of fused-ring (bicyclic) bond motifs is 3. The molecule has 9 heteroatoms. The van der Waals surface area contributed by atoms with Gasteiger partial charge < -0.3 is 14.0 Å². The van der Waals surface area contributed by atoms with Crippen molar-refractivity contribution in [3.05, 3.63) is 62.1 Å². The van der Waals surface area contributed by atoms with E-state index in [1.54, 1.807) is 14.2 Å². The lowest BCUT2D eigenvalue weighted by atomic mass is 10.2. The van der Waals surface area contributed by atoms with E-state index in [0.29, 0.717) is 23.5 Å². The molecule has 4 aromatic rings. The molecule has 30 heavy (non-hydrogen) atoms. The Balaban J connectivity index is 1.96. The zero-order valence-electron chi connectivity index (χ0n) is 17.8. The Morgan fingerprint density at radius 1 is 1.00 bits per heavy atom. The Hall–Kier alpha value is -3.33. The first-order valence-electron chi connectivity index (χ1n) is 9.68. The fourth-order valence-electron chi connectivity index (χ4n) is 3.80. The number of imidazole rings is 2. The highest BCUT2D eigenvalue weighted by atomic mass is 16.5. The molecule has 0 fully saturated rings. The second-order valence-corrected chi connectivity index (χ2v) is 7.32. The predicted molar refractivity (Wildman–Crippen MR) is 114 cm³/mol. The Bertz CT molecular complexity index is 1360. The average Bonchev–Trinajstić information content (AvgIpc) is 3.25. The zero-order chi connectivity index (χ0) is 21.6. The Morgan fingerprint density at radius 3 is 2.33 bits per heavy atom. The van der Waals surface area contributed by atoms with Crippen molar-refractivity contribution in [3.8, 4) is 5.75 Å². The molecule has 0 atom stereocenters. The second-order valence-electron chi connectivity index (χ2n) is 7.32. The topological polar surface area (TPSA) is 84.7 Å². The monoisotopic (exact) mass is 411 g/mol. The molecule has 0 unspecified atom stereocenters. The lowest BCUT2D eigenvalue weighted by molar-refractivity contribution is 0.184. The van der Waals surface area contributed by atoms with Crippen LogP contribution in [0, 0.1) is 13.8 Å². The summed E-state index contributed by atoms with van der Waals surface area (Å²) in [6.45, 7) is 5.01. The second kappa shape index (κ2) is 7.49. The van der Waals surface area contributed by atoms with Gasteiger partial charge in [-0.25, -0.2) is 4.79 Å². The summed E-state index contributed by atoms with van der Waals surface area (Å²) in [5, 5.41) is 0. The van der Waals surface area contributed by atoms with E-state index in [0.717, 1.165) is 22.7 Å². The van der Waals surface area contributed by atoms with Gasteiger partial charge in [-0.1, -0.05) is 12.1 Å². The van der Waals surface area contributed by atoms with E-state index in [4.69, 9.17) is 9.47 Å². The van der Waals surface area contributed by atoms with Crippen molar-refractivity contribution in [2.75, 3.05) is 20.8 Å². The highest BCUT2D eigenvalue weighted by Crippen LogP contribution is 2.22. The molecule has 0 spiro atoms. The van der Waals surface area contributed by atoms with Gasteiger partial charge in [0.15, 0.2) is 11.2 Å². The largest absolute Gasteiger partial charge is 0.497 e. The molecular weight excluding hydrogens is 386 g/mol.